The van der Waals surface area contributed by atoms with Gasteiger partial charge in [0.15, 0.2) is 0 Å². The van der Waals surface area contributed by atoms with Gasteiger partial charge in [0.05, 0.1) is 28.8 Å². The number of nitrogens with one attached hydrogen (secondary N) is 2. The van der Waals surface area contributed by atoms with E-state index in [1.165, 1.54) is 0 Å². The zero-order valence-corrected chi connectivity index (χ0v) is 20.2. The van der Waals surface area contributed by atoms with E-state index in [0.717, 1.165) is 11.1 Å². The molecule has 0 aliphatic carbocycles. The van der Waals surface area contributed by atoms with Crippen LogP contribution >= 0.6 is 11.6 Å². The lowest BCUT2D eigenvalue weighted by atomic mass is 10.2. The third kappa shape index (κ3) is 6.80. The molecule has 8 nitrogen and oxygen atoms in total. The highest BCUT2D eigenvalue weighted by Gasteiger charge is 2.20. The van der Waals surface area contributed by atoms with Crippen molar-refractivity contribution >= 4 is 39.2 Å². The Morgan fingerprint density at radius 2 is 1.71 bits per heavy atom. The van der Waals surface area contributed by atoms with Crippen molar-refractivity contribution in [3.05, 3.63) is 107 Å². The van der Waals surface area contributed by atoms with Crippen LogP contribution in [-0.4, -0.2) is 25.1 Å². The standard InChI is InChI=1S/C25H21ClN4O3S.H2O/c1-18-8-13-24(25(15-18)34(31,32)30-23-7-3-2-6-22(23)26)29-28-16-19-9-11-20(12-10-19)33-21-5-4-14-27-17-21;/h2-17,29-30H,1H3;1H2/b28-16+;. The molecule has 0 amide bonds. The number of hydrazone groups is 1. The molecule has 4 aromatic rings. The molecule has 0 saturated heterocycles. The van der Waals surface area contributed by atoms with Crippen LogP contribution in [-0.2, 0) is 10.0 Å². The summed E-state index contributed by atoms with van der Waals surface area (Å²) in [6.07, 6.45) is 4.90. The van der Waals surface area contributed by atoms with Crippen LogP contribution in [0.25, 0.3) is 0 Å². The van der Waals surface area contributed by atoms with Crippen molar-refractivity contribution in [2.24, 2.45) is 5.10 Å². The Kier molecular flexibility index (Phi) is 8.43. The number of hydrogen-bond acceptors (Lipinski definition) is 6. The van der Waals surface area contributed by atoms with Crippen molar-refractivity contribution in [1.29, 1.82) is 0 Å². The Bertz CT molecular complexity index is 1410. The quantitative estimate of drug-likeness (QED) is 0.247. The molecule has 0 aliphatic heterocycles. The van der Waals surface area contributed by atoms with Crippen molar-refractivity contribution in [3.63, 3.8) is 0 Å². The number of hydrogen-bond donors (Lipinski definition) is 2. The third-order valence-electron chi connectivity index (χ3n) is 4.69. The first-order valence-corrected chi connectivity index (χ1v) is 12.1. The predicted octanol–water partition coefficient (Wildman–Crippen LogP) is 5.26. The topological polar surface area (TPSA) is 124 Å². The first-order valence-electron chi connectivity index (χ1n) is 10.3. The van der Waals surface area contributed by atoms with Gasteiger partial charge in [0.25, 0.3) is 10.0 Å². The average Bonchev–Trinajstić information content (AvgIpc) is 2.83. The predicted molar refractivity (Wildman–Crippen MR) is 139 cm³/mol. The first-order chi connectivity index (χ1) is 16.4. The Hall–Kier alpha value is -3.92. The van der Waals surface area contributed by atoms with Crippen LogP contribution in [0.15, 0.2) is 101 Å². The van der Waals surface area contributed by atoms with E-state index in [2.05, 4.69) is 20.2 Å². The number of sulfonamides is 1. The number of ether oxygens (including phenoxy) is 1. The van der Waals surface area contributed by atoms with E-state index >= 15 is 0 Å². The average molecular weight is 511 g/mol. The number of aryl methyl sites for hydroxylation is 1. The summed E-state index contributed by atoms with van der Waals surface area (Å²) in [4.78, 5) is 4.08. The summed E-state index contributed by atoms with van der Waals surface area (Å²) in [5.74, 6) is 1.31. The number of pyridine rings is 1. The minimum absolute atomic E-state index is 0. The van der Waals surface area contributed by atoms with Gasteiger partial charge < -0.3 is 10.2 Å². The smallest absolute Gasteiger partial charge is 0.264 e. The van der Waals surface area contributed by atoms with Gasteiger partial charge >= 0.3 is 0 Å². The van der Waals surface area contributed by atoms with Crippen LogP contribution < -0.4 is 14.9 Å². The normalized spacial score (nSPS) is 11.0. The number of halogens is 1. The van der Waals surface area contributed by atoms with Gasteiger partial charge in [0, 0.05) is 6.20 Å². The SMILES string of the molecule is Cc1ccc(N/N=C/c2ccc(Oc3cccnc3)cc2)c(S(=O)(=O)Nc2ccccc2Cl)c1.O. The summed E-state index contributed by atoms with van der Waals surface area (Å²) in [7, 11) is -3.91. The number of aromatic nitrogens is 1. The van der Waals surface area contributed by atoms with Crippen molar-refractivity contribution in [2.75, 3.05) is 10.1 Å². The van der Waals surface area contributed by atoms with Gasteiger partial charge in [-0.15, -0.1) is 0 Å². The number of nitrogens with zero attached hydrogens (tertiary/aromatic N) is 2. The van der Waals surface area contributed by atoms with Gasteiger partial charge in [0.2, 0.25) is 0 Å². The van der Waals surface area contributed by atoms with Crippen LogP contribution in [0.5, 0.6) is 11.5 Å². The van der Waals surface area contributed by atoms with Crippen molar-refractivity contribution in [3.8, 4) is 11.5 Å². The lowest BCUT2D eigenvalue weighted by molar-refractivity contribution is 0.480. The van der Waals surface area contributed by atoms with E-state index < -0.39 is 10.0 Å². The van der Waals surface area contributed by atoms with E-state index in [1.54, 1.807) is 67.1 Å². The second-order valence-electron chi connectivity index (χ2n) is 7.31. The van der Waals surface area contributed by atoms with Crippen LogP contribution in [0, 0.1) is 6.92 Å². The molecular formula is C25H23ClN4O4S. The van der Waals surface area contributed by atoms with E-state index in [1.807, 2.05) is 37.3 Å². The molecule has 3 aromatic carbocycles. The molecule has 1 aromatic heterocycles. The van der Waals surface area contributed by atoms with Crippen LogP contribution in [0.1, 0.15) is 11.1 Å². The maximum Gasteiger partial charge on any atom is 0.264 e. The Morgan fingerprint density at radius 1 is 0.943 bits per heavy atom. The maximum absolute atomic E-state index is 13.1. The van der Waals surface area contributed by atoms with E-state index in [9.17, 15) is 8.42 Å². The molecule has 0 bridgehead atoms. The Balaban J connectivity index is 0.00000342. The number of rotatable bonds is 8. The lowest BCUT2D eigenvalue weighted by Gasteiger charge is -2.13. The van der Waals surface area contributed by atoms with Crippen molar-refractivity contribution in [2.45, 2.75) is 11.8 Å². The molecule has 0 aliphatic rings. The monoisotopic (exact) mass is 510 g/mol. The second kappa shape index (κ2) is 11.5. The fourth-order valence-corrected chi connectivity index (χ4v) is 4.59. The van der Waals surface area contributed by atoms with Gasteiger partial charge in [-0.2, -0.15) is 5.10 Å². The molecule has 0 unspecified atom stereocenters. The molecule has 0 spiro atoms. The molecule has 10 heteroatoms. The zero-order valence-electron chi connectivity index (χ0n) is 18.6. The summed E-state index contributed by atoms with van der Waals surface area (Å²) >= 11 is 6.12. The molecule has 0 radical (unpaired) electrons. The molecular weight excluding hydrogens is 488 g/mol. The minimum atomic E-state index is -3.91. The molecule has 4 rings (SSSR count). The van der Waals surface area contributed by atoms with E-state index in [4.69, 9.17) is 16.3 Å². The van der Waals surface area contributed by atoms with Crippen molar-refractivity contribution < 1.29 is 18.6 Å². The van der Waals surface area contributed by atoms with Gasteiger partial charge in [-0.05, 0) is 78.7 Å². The van der Waals surface area contributed by atoms with Gasteiger partial charge in [-0.3, -0.25) is 15.1 Å². The molecule has 0 atom stereocenters. The van der Waals surface area contributed by atoms with Gasteiger partial charge in [-0.1, -0.05) is 29.8 Å². The second-order valence-corrected chi connectivity index (χ2v) is 9.37. The highest BCUT2D eigenvalue weighted by molar-refractivity contribution is 7.93. The summed E-state index contributed by atoms with van der Waals surface area (Å²) in [5, 5.41) is 4.52. The number of benzene rings is 3. The summed E-state index contributed by atoms with van der Waals surface area (Å²) in [6, 6.07) is 22.6. The Morgan fingerprint density at radius 3 is 2.43 bits per heavy atom. The van der Waals surface area contributed by atoms with Crippen LogP contribution in [0.4, 0.5) is 11.4 Å². The first kappa shape index (κ1) is 25.7. The van der Waals surface area contributed by atoms with Gasteiger partial charge in [-0.25, -0.2) is 8.42 Å². The van der Waals surface area contributed by atoms with Crippen LogP contribution in [0.2, 0.25) is 5.02 Å². The largest absolute Gasteiger partial charge is 0.456 e. The molecule has 35 heavy (non-hydrogen) atoms. The van der Waals surface area contributed by atoms with Crippen LogP contribution in [0.3, 0.4) is 0 Å². The fourth-order valence-electron chi connectivity index (χ4n) is 3.03. The zero-order chi connectivity index (χ0) is 24.0. The molecule has 4 N–H and O–H groups in total. The Labute approximate surface area is 208 Å². The minimum Gasteiger partial charge on any atom is -0.456 e. The molecule has 0 saturated carbocycles. The summed E-state index contributed by atoms with van der Waals surface area (Å²) in [5.41, 5.74) is 5.05. The third-order valence-corrected chi connectivity index (χ3v) is 6.43. The number of anilines is 2. The van der Waals surface area contributed by atoms with Crippen molar-refractivity contribution in [1.82, 2.24) is 4.98 Å². The summed E-state index contributed by atoms with van der Waals surface area (Å²) < 4.78 is 34.4. The molecule has 180 valence electrons. The highest BCUT2D eigenvalue weighted by Crippen LogP contribution is 2.28. The maximum atomic E-state index is 13.1. The number of para-hydroxylation sites is 1. The van der Waals surface area contributed by atoms with E-state index in [-0.39, 0.29) is 10.4 Å². The molecule has 1 heterocycles. The summed E-state index contributed by atoms with van der Waals surface area (Å²) in [6.45, 7) is 1.82. The molecule has 0 fully saturated rings. The highest BCUT2D eigenvalue weighted by atomic mass is 35.5. The van der Waals surface area contributed by atoms with E-state index in [0.29, 0.717) is 27.9 Å². The fraction of sp³-hybridized carbons (Fsp3) is 0.0400. The lowest BCUT2D eigenvalue weighted by Crippen LogP contribution is -2.15. The van der Waals surface area contributed by atoms with Gasteiger partial charge in [0.1, 0.15) is 16.4 Å².